The number of hydrogen-bond donors (Lipinski definition) is 2. The second kappa shape index (κ2) is 13.3. The summed E-state index contributed by atoms with van der Waals surface area (Å²) in [6.45, 7) is 5.69. The fourth-order valence-corrected chi connectivity index (χ4v) is 3.78. The van der Waals surface area contributed by atoms with Crippen LogP contribution in [0.2, 0.25) is 0 Å². The summed E-state index contributed by atoms with van der Waals surface area (Å²) in [4.78, 5) is 11.3. The van der Waals surface area contributed by atoms with E-state index in [0.717, 1.165) is 36.0 Å². The van der Waals surface area contributed by atoms with Crippen molar-refractivity contribution in [2.24, 2.45) is 10.9 Å². The zero-order valence-corrected chi connectivity index (χ0v) is 22.5. The van der Waals surface area contributed by atoms with Crippen LogP contribution in [0.1, 0.15) is 30.9 Å². The Bertz CT molecular complexity index is 874. The van der Waals surface area contributed by atoms with Crippen molar-refractivity contribution in [1.29, 1.82) is 0 Å². The first-order valence-electron chi connectivity index (χ1n) is 11.0. The van der Waals surface area contributed by atoms with Gasteiger partial charge < -0.3 is 29.7 Å². The first-order valence-corrected chi connectivity index (χ1v) is 11.0. The number of anilines is 1. The van der Waals surface area contributed by atoms with Crippen molar-refractivity contribution >= 4 is 35.8 Å². The van der Waals surface area contributed by atoms with Gasteiger partial charge in [0.05, 0.1) is 21.3 Å². The van der Waals surface area contributed by atoms with Gasteiger partial charge in [0.25, 0.3) is 0 Å². The molecule has 1 aliphatic heterocycles. The quantitative estimate of drug-likeness (QED) is 0.284. The molecule has 1 aromatic heterocycles. The highest BCUT2D eigenvalue weighted by Crippen LogP contribution is 2.38. The molecular weight excluding hydrogens is 533 g/mol. The monoisotopic (exact) mass is 569 g/mol. The molecule has 8 nitrogen and oxygen atoms in total. The summed E-state index contributed by atoms with van der Waals surface area (Å²) in [5.41, 5.74) is 2.10. The van der Waals surface area contributed by atoms with Gasteiger partial charge in [0, 0.05) is 39.4 Å². The van der Waals surface area contributed by atoms with Crippen LogP contribution in [0.25, 0.3) is 0 Å². The third-order valence-corrected chi connectivity index (χ3v) is 5.78. The molecule has 2 N–H and O–H groups in total. The van der Waals surface area contributed by atoms with E-state index in [2.05, 4.69) is 44.6 Å². The first kappa shape index (κ1) is 26.8. The number of methoxy groups -OCH3 is 3. The minimum Gasteiger partial charge on any atom is -0.493 e. The predicted molar refractivity (Wildman–Crippen MR) is 143 cm³/mol. The molecule has 0 spiro atoms. The van der Waals surface area contributed by atoms with Gasteiger partial charge in [0.2, 0.25) is 5.75 Å². The molecule has 33 heavy (non-hydrogen) atoms. The lowest BCUT2D eigenvalue weighted by molar-refractivity contribution is 0.323. The van der Waals surface area contributed by atoms with E-state index in [0.29, 0.717) is 36.3 Å². The summed E-state index contributed by atoms with van der Waals surface area (Å²) in [6, 6.07) is 8.08. The number of pyridine rings is 1. The zero-order chi connectivity index (χ0) is 22.9. The molecule has 0 saturated carbocycles. The van der Waals surface area contributed by atoms with Crippen LogP contribution in [0.4, 0.5) is 5.82 Å². The van der Waals surface area contributed by atoms with Crippen molar-refractivity contribution < 1.29 is 14.2 Å². The summed E-state index contributed by atoms with van der Waals surface area (Å²) in [5, 5.41) is 6.66. The highest BCUT2D eigenvalue weighted by Gasteiger charge is 2.17. The summed E-state index contributed by atoms with van der Waals surface area (Å²) in [5.74, 6) is 4.41. The lowest BCUT2D eigenvalue weighted by Crippen LogP contribution is -2.36. The summed E-state index contributed by atoms with van der Waals surface area (Å²) in [7, 11) is 6.57. The molecule has 1 fully saturated rings. The Hall–Kier alpha value is -2.43. The predicted octanol–water partition coefficient (Wildman–Crippen LogP) is 3.83. The zero-order valence-electron chi connectivity index (χ0n) is 20.2. The Morgan fingerprint density at radius 2 is 1.61 bits per heavy atom. The van der Waals surface area contributed by atoms with E-state index in [1.165, 1.54) is 12.8 Å². The van der Waals surface area contributed by atoms with Crippen molar-refractivity contribution in [3.63, 3.8) is 0 Å². The Kier molecular flexibility index (Phi) is 10.8. The van der Waals surface area contributed by atoms with Crippen LogP contribution in [0.3, 0.4) is 0 Å². The molecule has 1 saturated heterocycles. The molecule has 0 amide bonds. The van der Waals surface area contributed by atoms with Crippen molar-refractivity contribution in [1.82, 2.24) is 15.6 Å². The number of aliphatic imine (C=N–C) groups is 1. The normalized spacial score (nSPS) is 14.3. The van der Waals surface area contributed by atoms with Crippen LogP contribution < -0.4 is 29.7 Å². The maximum Gasteiger partial charge on any atom is 0.203 e. The molecule has 182 valence electrons. The van der Waals surface area contributed by atoms with Gasteiger partial charge in [-0.25, -0.2) is 4.98 Å². The molecule has 1 aliphatic rings. The molecule has 0 atom stereocenters. The van der Waals surface area contributed by atoms with E-state index < -0.39 is 0 Å². The average Bonchev–Trinajstić information content (AvgIpc) is 2.84. The fourth-order valence-electron chi connectivity index (χ4n) is 3.78. The number of nitrogens with one attached hydrogen (secondary N) is 2. The van der Waals surface area contributed by atoms with Crippen LogP contribution in [0.5, 0.6) is 17.2 Å². The van der Waals surface area contributed by atoms with Crippen molar-refractivity contribution in [3.8, 4) is 17.2 Å². The lowest BCUT2D eigenvalue weighted by atomic mass is 9.99. The molecule has 9 heteroatoms. The van der Waals surface area contributed by atoms with Crippen molar-refractivity contribution in [2.75, 3.05) is 46.4 Å². The molecular formula is C24H36IN5O3. The third kappa shape index (κ3) is 7.28. The fraction of sp³-hybridized carbons (Fsp3) is 0.500. The molecule has 2 heterocycles. The third-order valence-electron chi connectivity index (χ3n) is 5.78. The summed E-state index contributed by atoms with van der Waals surface area (Å²) < 4.78 is 16.2. The lowest BCUT2D eigenvalue weighted by Gasteiger charge is -2.31. The number of guanidine groups is 1. The highest BCUT2D eigenvalue weighted by molar-refractivity contribution is 14.0. The minimum atomic E-state index is 0. The van der Waals surface area contributed by atoms with Crippen LogP contribution >= 0.6 is 24.0 Å². The average molecular weight is 569 g/mol. The van der Waals surface area contributed by atoms with Gasteiger partial charge >= 0.3 is 0 Å². The largest absolute Gasteiger partial charge is 0.493 e. The number of halogens is 1. The van der Waals surface area contributed by atoms with Gasteiger partial charge in [0.1, 0.15) is 5.82 Å². The van der Waals surface area contributed by atoms with Gasteiger partial charge in [-0.3, -0.25) is 4.99 Å². The van der Waals surface area contributed by atoms with Crippen LogP contribution in [-0.2, 0) is 13.1 Å². The first-order chi connectivity index (χ1) is 15.6. The Labute approximate surface area is 214 Å². The van der Waals surface area contributed by atoms with Crippen LogP contribution in [0, 0.1) is 5.92 Å². The Balaban J connectivity index is 0.00000385. The standard InChI is InChI=1S/C24H35N5O3.HI/c1-17-8-10-29(11-9-17)22-7-6-18(14-26-22)15-27-24(25-2)28-16-19-12-20(30-3)23(32-5)21(13-19)31-4;/h6-7,12-14,17H,8-11,15-16H2,1-5H3,(H2,25,27,28);1H. The number of piperidine rings is 1. The SMILES string of the molecule is CN=C(NCc1ccc(N2CCC(C)CC2)nc1)NCc1cc(OC)c(OC)c(OC)c1.I. The van der Waals surface area contributed by atoms with Gasteiger partial charge in [-0.1, -0.05) is 13.0 Å². The summed E-state index contributed by atoms with van der Waals surface area (Å²) >= 11 is 0. The molecule has 0 radical (unpaired) electrons. The molecule has 0 bridgehead atoms. The number of nitrogens with zero attached hydrogens (tertiary/aromatic N) is 3. The number of aromatic nitrogens is 1. The summed E-state index contributed by atoms with van der Waals surface area (Å²) in [6.07, 6.45) is 4.41. The van der Waals surface area contributed by atoms with E-state index >= 15 is 0 Å². The number of ether oxygens (including phenoxy) is 3. The number of benzene rings is 1. The maximum atomic E-state index is 5.43. The van der Waals surface area contributed by atoms with Gasteiger partial charge in [0.15, 0.2) is 17.5 Å². The Morgan fingerprint density at radius 3 is 2.09 bits per heavy atom. The van der Waals surface area contributed by atoms with Gasteiger partial charge in [-0.2, -0.15) is 0 Å². The molecule has 0 unspecified atom stereocenters. The van der Waals surface area contributed by atoms with Crippen LogP contribution in [-0.4, -0.2) is 52.4 Å². The second-order valence-corrected chi connectivity index (χ2v) is 8.01. The van der Waals surface area contributed by atoms with Crippen molar-refractivity contribution in [2.45, 2.75) is 32.9 Å². The van der Waals surface area contributed by atoms with E-state index in [-0.39, 0.29) is 24.0 Å². The highest BCUT2D eigenvalue weighted by atomic mass is 127. The molecule has 0 aliphatic carbocycles. The van der Waals surface area contributed by atoms with E-state index in [1.54, 1.807) is 28.4 Å². The topological polar surface area (TPSA) is 80.2 Å². The number of rotatable bonds is 8. The van der Waals surface area contributed by atoms with Crippen molar-refractivity contribution in [3.05, 3.63) is 41.6 Å². The van der Waals surface area contributed by atoms with Crippen LogP contribution in [0.15, 0.2) is 35.5 Å². The smallest absolute Gasteiger partial charge is 0.203 e. The van der Waals surface area contributed by atoms with Gasteiger partial charge in [-0.15, -0.1) is 24.0 Å². The van der Waals surface area contributed by atoms with E-state index in [1.807, 2.05) is 18.3 Å². The maximum absolute atomic E-state index is 5.43. The second-order valence-electron chi connectivity index (χ2n) is 8.01. The number of hydrogen-bond acceptors (Lipinski definition) is 6. The van der Waals surface area contributed by atoms with Gasteiger partial charge in [-0.05, 0) is 48.1 Å². The Morgan fingerprint density at radius 1 is 1.00 bits per heavy atom. The molecule has 3 rings (SSSR count). The molecule has 1 aromatic carbocycles. The van der Waals surface area contributed by atoms with E-state index in [9.17, 15) is 0 Å². The molecule has 2 aromatic rings. The minimum absolute atomic E-state index is 0. The van der Waals surface area contributed by atoms with E-state index in [4.69, 9.17) is 14.2 Å².